The Morgan fingerprint density at radius 1 is 1.28 bits per heavy atom. The van der Waals surface area contributed by atoms with Gasteiger partial charge in [-0.05, 0) is 31.4 Å². The third kappa shape index (κ3) is 8.80. The van der Waals surface area contributed by atoms with Crippen LogP contribution in [0.5, 0.6) is 0 Å². The van der Waals surface area contributed by atoms with Gasteiger partial charge in [0, 0.05) is 18.0 Å². The number of hydrogen-bond acceptors (Lipinski definition) is 2. The minimum atomic E-state index is 0.129. The van der Waals surface area contributed by atoms with E-state index in [-0.39, 0.29) is 5.92 Å². The molecule has 0 aliphatic rings. The Morgan fingerprint density at radius 3 is 2.22 bits per heavy atom. The Balaban J connectivity index is 0. The SMILES string of the molecule is C=C/C(CCCC(=O)C(C)C)=C(N)\C=C/C.CC. The van der Waals surface area contributed by atoms with E-state index in [0.29, 0.717) is 12.2 Å². The highest BCUT2D eigenvalue weighted by atomic mass is 16.1. The Kier molecular flexibility index (Phi) is 12.9. The molecule has 0 fully saturated rings. The minimum Gasteiger partial charge on any atom is -0.399 e. The van der Waals surface area contributed by atoms with Crippen LogP contribution in [0.3, 0.4) is 0 Å². The Labute approximate surface area is 113 Å². The summed E-state index contributed by atoms with van der Waals surface area (Å²) in [5.74, 6) is 0.442. The van der Waals surface area contributed by atoms with Crippen LogP contribution in [0, 0.1) is 5.92 Å². The van der Waals surface area contributed by atoms with Crippen molar-refractivity contribution in [1.29, 1.82) is 0 Å². The molecular formula is C16H29NO. The van der Waals surface area contributed by atoms with E-state index in [1.54, 1.807) is 6.08 Å². The molecule has 2 nitrogen and oxygen atoms in total. The summed E-state index contributed by atoms with van der Waals surface area (Å²) in [7, 11) is 0. The van der Waals surface area contributed by atoms with Crippen molar-refractivity contribution in [3.8, 4) is 0 Å². The Bertz CT molecular complexity index is 298. The van der Waals surface area contributed by atoms with E-state index >= 15 is 0 Å². The molecule has 0 saturated carbocycles. The third-order valence-electron chi connectivity index (χ3n) is 2.48. The number of Topliss-reactive ketones (excluding diaryl/α,β-unsaturated/α-hetero) is 1. The summed E-state index contributed by atoms with van der Waals surface area (Å²) in [6.45, 7) is 13.5. The van der Waals surface area contributed by atoms with E-state index in [1.165, 1.54) is 0 Å². The van der Waals surface area contributed by atoms with E-state index in [2.05, 4.69) is 6.58 Å². The van der Waals surface area contributed by atoms with Crippen molar-refractivity contribution in [2.24, 2.45) is 11.7 Å². The van der Waals surface area contributed by atoms with Crippen LogP contribution >= 0.6 is 0 Å². The summed E-state index contributed by atoms with van der Waals surface area (Å²) in [5.41, 5.74) is 7.62. The highest BCUT2D eigenvalue weighted by Gasteiger charge is 2.07. The van der Waals surface area contributed by atoms with Crippen molar-refractivity contribution in [2.75, 3.05) is 0 Å². The number of carbonyl (C=O) groups is 1. The van der Waals surface area contributed by atoms with E-state index in [4.69, 9.17) is 5.73 Å². The highest BCUT2D eigenvalue weighted by molar-refractivity contribution is 5.80. The van der Waals surface area contributed by atoms with Crippen molar-refractivity contribution in [2.45, 2.75) is 53.9 Å². The summed E-state index contributed by atoms with van der Waals surface area (Å²) >= 11 is 0. The zero-order chi connectivity index (χ0) is 14.6. The lowest BCUT2D eigenvalue weighted by Crippen LogP contribution is -2.06. The van der Waals surface area contributed by atoms with Crippen molar-refractivity contribution < 1.29 is 4.79 Å². The van der Waals surface area contributed by atoms with Crippen LogP contribution in [0.4, 0.5) is 0 Å². The van der Waals surface area contributed by atoms with E-state index < -0.39 is 0 Å². The summed E-state index contributed by atoms with van der Waals surface area (Å²) in [5, 5.41) is 0. The number of carbonyl (C=O) groups excluding carboxylic acids is 1. The van der Waals surface area contributed by atoms with Gasteiger partial charge in [-0.25, -0.2) is 0 Å². The van der Waals surface area contributed by atoms with Crippen molar-refractivity contribution in [3.05, 3.63) is 36.1 Å². The Hall–Kier alpha value is -1.31. The smallest absolute Gasteiger partial charge is 0.135 e. The highest BCUT2D eigenvalue weighted by Crippen LogP contribution is 2.13. The predicted octanol–water partition coefficient (Wildman–Crippen LogP) is 4.38. The second kappa shape index (κ2) is 12.2. The molecule has 0 radical (unpaired) electrons. The molecule has 0 rings (SSSR count). The minimum absolute atomic E-state index is 0.129. The lowest BCUT2D eigenvalue weighted by atomic mass is 10.00. The summed E-state index contributed by atoms with van der Waals surface area (Å²) < 4.78 is 0. The molecule has 0 amide bonds. The number of nitrogens with two attached hydrogens (primary N) is 1. The number of allylic oxidation sites excluding steroid dienone is 4. The van der Waals surface area contributed by atoms with Gasteiger partial charge in [-0.3, -0.25) is 4.79 Å². The second-order valence-corrected chi connectivity index (χ2v) is 4.16. The average molecular weight is 251 g/mol. The van der Waals surface area contributed by atoms with Gasteiger partial charge in [0.1, 0.15) is 5.78 Å². The van der Waals surface area contributed by atoms with Crippen LogP contribution < -0.4 is 5.73 Å². The fraction of sp³-hybridized carbons (Fsp3) is 0.562. The molecule has 0 unspecified atom stereocenters. The quantitative estimate of drug-likeness (QED) is 0.682. The average Bonchev–Trinajstić information content (AvgIpc) is 2.36. The van der Waals surface area contributed by atoms with Crippen molar-refractivity contribution in [1.82, 2.24) is 0 Å². The maximum atomic E-state index is 11.4. The maximum Gasteiger partial charge on any atom is 0.135 e. The molecule has 0 atom stereocenters. The van der Waals surface area contributed by atoms with Crippen LogP contribution in [0.1, 0.15) is 53.9 Å². The Morgan fingerprint density at radius 2 is 1.83 bits per heavy atom. The molecule has 0 bridgehead atoms. The van der Waals surface area contributed by atoms with Gasteiger partial charge in [0.25, 0.3) is 0 Å². The molecule has 104 valence electrons. The molecule has 0 aromatic carbocycles. The molecule has 18 heavy (non-hydrogen) atoms. The van der Waals surface area contributed by atoms with E-state index in [1.807, 2.05) is 46.8 Å². The summed E-state index contributed by atoms with van der Waals surface area (Å²) in [6.07, 6.45) is 7.82. The molecule has 0 spiro atoms. The van der Waals surface area contributed by atoms with Crippen LogP contribution in [0.15, 0.2) is 36.1 Å². The first-order chi connectivity index (χ1) is 8.52. The normalized spacial score (nSPS) is 11.9. The zero-order valence-electron chi connectivity index (χ0n) is 12.6. The molecule has 0 saturated heterocycles. The van der Waals surface area contributed by atoms with Crippen molar-refractivity contribution in [3.63, 3.8) is 0 Å². The molecule has 0 aromatic rings. The fourth-order valence-electron chi connectivity index (χ4n) is 1.39. The molecule has 0 aliphatic carbocycles. The lowest BCUT2D eigenvalue weighted by molar-refractivity contribution is -0.121. The summed E-state index contributed by atoms with van der Waals surface area (Å²) in [6, 6.07) is 0. The molecule has 2 heteroatoms. The van der Waals surface area contributed by atoms with Gasteiger partial charge in [0.15, 0.2) is 0 Å². The van der Waals surface area contributed by atoms with Gasteiger partial charge in [-0.2, -0.15) is 0 Å². The molecule has 0 aliphatic heterocycles. The van der Waals surface area contributed by atoms with Gasteiger partial charge in [-0.15, -0.1) is 0 Å². The molecule has 0 aromatic heterocycles. The second-order valence-electron chi connectivity index (χ2n) is 4.16. The van der Waals surface area contributed by atoms with Gasteiger partial charge in [0.2, 0.25) is 0 Å². The molecule has 0 heterocycles. The number of rotatable bonds is 7. The van der Waals surface area contributed by atoms with E-state index in [9.17, 15) is 4.79 Å². The first-order valence-electron chi connectivity index (χ1n) is 6.79. The van der Waals surface area contributed by atoms with Crippen LogP contribution in [-0.2, 0) is 4.79 Å². The monoisotopic (exact) mass is 251 g/mol. The topological polar surface area (TPSA) is 43.1 Å². The number of hydrogen-bond donors (Lipinski definition) is 1. The predicted molar refractivity (Wildman–Crippen MR) is 81.3 cm³/mol. The molecular weight excluding hydrogens is 222 g/mol. The number of ketones is 1. The largest absolute Gasteiger partial charge is 0.399 e. The van der Waals surface area contributed by atoms with Crippen molar-refractivity contribution >= 4 is 5.78 Å². The third-order valence-corrected chi connectivity index (χ3v) is 2.48. The van der Waals surface area contributed by atoms with Crippen LogP contribution in [-0.4, -0.2) is 5.78 Å². The fourth-order valence-corrected chi connectivity index (χ4v) is 1.39. The lowest BCUT2D eigenvalue weighted by Gasteiger charge is -2.06. The summed E-state index contributed by atoms with van der Waals surface area (Å²) in [4.78, 5) is 11.4. The van der Waals surface area contributed by atoms with Gasteiger partial charge < -0.3 is 5.73 Å². The van der Waals surface area contributed by atoms with Gasteiger partial charge in [0.05, 0.1) is 0 Å². The van der Waals surface area contributed by atoms with Crippen LogP contribution in [0.2, 0.25) is 0 Å². The molecule has 2 N–H and O–H groups in total. The van der Waals surface area contributed by atoms with Gasteiger partial charge >= 0.3 is 0 Å². The van der Waals surface area contributed by atoms with Gasteiger partial charge in [-0.1, -0.05) is 46.4 Å². The standard InChI is InChI=1S/C14H23NO.C2H6/c1-5-8-13(15)12(6-2)9-7-10-14(16)11(3)4;1-2/h5-6,8,11H,2,7,9-10,15H2,1,3-4H3;1-2H3/b8-5-,13-12-;. The maximum absolute atomic E-state index is 11.4. The van der Waals surface area contributed by atoms with E-state index in [0.717, 1.165) is 24.1 Å². The first-order valence-corrected chi connectivity index (χ1v) is 6.79. The van der Waals surface area contributed by atoms with Crippen LogP contribution in [0.25, 0.3) is 0 Å². The zero-order valence-corrected chi connectivity index (χ0v) is 12.6. The first kappa shape index (κ1) is 19.0.